The van der Waals surface area contributed by atoms with Crippen molar-refractivity contribution in [2.75, 3.05) is 26.2 Å². The van der Waals surface area contributed by atoms with Gasteiger partial charge in [-0.3, -0.25) is 0 Å². The Kier molecular flexibility index (Phi) is 18.0. The molecule has 0 radical (unpaired) electrons. The van der Waals surface area contributed by atoms with E-state index in [1.807, 2.05) is 36.4 Å². The zero-order chi connectivity index (χ0) is 59.4. The maximum atomic E-state index is 12.8. The van der Waals surface area contributed by atoms with Crippen molar-refractivity contribution in [2.24, 2.45) is 0 Å². The number of ether oxygens (including phenoxy) is 3. The van der Waals surface area contributed by atoms with Crippen LogP contribution in [0.4, 0.5) is 17.1 Å². The molecular weight excluding hydrogens is 1650 g/mol. The van der Waals surface area contributed by atoms with E-state index in [0.29, 0.717) is 119 Å². The molecule has 6 aromatic carbocycles. The number of methoxy groups -OCH3 is 3. The number of benzene rings is 6. The number of anilines is 3. The summed E-state index contributed by atoms with van der Waals surface area (Å²) in [6.45, 7) is 4.19. The first-order valence-electron chi connectivity index (χ1n) is 25.5. The van der Waals surface area contributed by atoms with Crippen molar-refractivity contribution in [3.05, 3.63) is 218 Å². The lowest BCUT2D eigenvalue weighted by molar-refractivity contribution is 0.0592. The van der Waals surface area contributed by atoms with Crippen LogP contribution >= 0.6 is 143 Å². The molecule has 2 N–H and O–H groups in total. The number of nitrogens with zero attached hydrogens (tertiary/aromatic N) is 3. The van der Waals surface area contributed by atoms with E-state index in [9.17, 15) is 9.59 Å². The van der Waals surface area contributed by atoms with Gasteiger partial charge in [-0.15, -0.1) is 0 Å². The van der Waals surface area contributed by atoms with E-state index in [0.717, 1.165) is 44.9 Å². The van der Waals surface area contributed by atoms with Gasteiger partial charge in [0.1, 0.15) is 5.75 Å². The number of aromatic nitrogens is 4. The maximum absolute atomic E-state index is 12.8. The highest BCUT2D eigenvalue weighted by Gasteiger charge is 2.31. The van der Waals surface area contributed by atoms with E-state index < -0.39 is 11.9 Å². The standard InChI is InChI=1S/C65H42Br9N5O5/c1-31-6-24-40(25-7-31)79(41-26-8-32(2)9-27-41)42-28-11-33(12-29-42)10-13-34-14-23-39(30-43(34)82-3)46-60-49(68)47(66)56(75-60)44(35-15-19-37(20-16-35)64(80)83-4)58-51(70)53(72)62(77-58)55(74)63-54(73)52(71)59(78-63)45(57-48(67)50(69)61(46)76-57)36-17-21-38(22-18-36)65(81)84-5/h6-30,75,78H,1-5H3/b13-10+,56-44?,57-45?,58-44?,59-45?,60-46?,61-46?,62-55?,63-55?. The van der Waals surface area contributed by atoms with Gasteiger partial charge in [0.15, 0.2) is 0 Å². The summed E-state index contributed by atoms with van der Waals surface area (Å²) >= 11 is 35.8. The second-order valence-corrected chi connectivity index (χ2v) is 26.5. The van der Waals surface area contributed by atoms with E-state index in [1.165, 1.54) is 25.3 Å². The van der Waals surface area contributed by atoms with Gasteiger partial charge in [-0.25, -0.2) is 19.6 Å². The number of nitrogens with one attached hydrogen (secondary N) is 2. The number of H-pyrrole nitrogens is 2. The summed E-state index contributed by atoms with van der Waals surface area (Å²) in [5.74, 6) is -0.312. The van der Waals surface area contributed by atoms with Crippen LogP contribution < -0.4 is 9.64 Å². The number of carbonyl (C=O) groups is 2. The number of fused-ring (bicyclic) bond motifs is 8. The predicted octanol–water partition coefficient (Wildman–Crippen LogP) is 22.2. The molecule has 0 spiro atoms. The summed E-state index contributed by atoms with van der Waals surface area (Å²) in [5.41, 5.74) is 17.4. The van der Waals surface area contributed by atoms with Crippen LogP contribution in [0.2, 0.25) is 0 Å². The normalized spacial score (nSPS) is 12.4. The Morgan fingerprint density at radius 2 is 0.798 bits per heavy atom. The van der Waals surface area contributed by atoms with Crippen LogP contribution in [0.3, 0.4) is 0 Å². The smallest absolute Gasteiger partial charge is 0.337 e. The zero-order valence-electron chi connectivity index (χ0n) is 44.7. The van der Waals surface area contributed by atoms with Crippen LogP contribution in [0.1, 0.15) is 65.7 Å². The van der Waals surface area contributed by atoms with Gasteiger partial charge >= 0.3 is 11.9 Å². The van der Waals surface area contributed by atoms with Gasteiger partial charge in [0.25, 0.3) is 0 Å². The first-order valence-corrected chi connectivity index (χ1v) is 32.7. The van der Waals surface area contributed by atoms with Crippen molar-refractivity contribution >= 4 is 225 Å². The molecule has 0 aliphatic carbocycles. The van der Waals surface area contributed by atoms with Crippen LogP contribution in [0, 0.1) is 13.8 Å². The third-order valence-electron chi connectivity index (χ3n) is 14.2. The van der Waals surface area contributed by atoms with E-state index in [2.05, 4.69) is 263 Å². The van der Waals surface area contributed by atoms with Crippen LogP contribution in [0.5, 0.6) is 5.75 Å². The molecule has 0 unspecified atom stereocenters. The van der Waals surface area contributed by atoms with Crippen LogP contribution in [-0.2, 0) is 9.47 Å². The van der Waals surface area contributed by atoms with E-state index in [1.54, 1.807) is 31.4 Å². The summed E-state index contributed by atoms with van der Waals surface area (Å²) in [6, 6.07) is 46.1. The highest BCUT2D eigenvalue weighted by Crippen LogP contribution is 2.53. The van der Waals surface area contributed by atoms with Crippen LogP contribution in [0.25, 0.3) is 85.5 Å². The topological polar surface area (TPSA) is 122 Å². The minimum atomic E-state index is -0.462. The molecule has 9 aromatic rings. The van der Waals surface area contributed by atoms with E-state index in [-0.39, 0.29) is 0 Å². The molecule has 0 atom stereocenters. The van der Waals surface area contributed by atoms with E-state index in [4.69, 9.17) is 24.2 Å². The maximum Gasteiger partial charge on any atom is 0.337 e. The minimum Gasteiger partial charge on any atom is -0.496 e. The molecule has 420 valence electrons. The lowest BCUT2D eigenvalue weighted by Crippen LogP contribution is -2.09. The number of hydrogen-bond acceptors (Lipinski definition) is 8. The van der Waals surface area contributed by atoms with Gasteiger partial charge in [-0.2, -0.15) is 0 Å². The van der Waals surface area contributed by atoms with Crippen molar-refractivity contribution in [1.29, 1.82) is 0 Å². The van der Waals surface area contributed by atoms with Gasteiger partial charge < -0.3 is 29.1 Å². The second-order valence-electron chi connectivity index (χ2n) is 19.3. The SMILES string of the molecule is COC(=O)c1ccc(-c2c3nc(c(-c4ccc(/C=C/c5ccc(N(c6ccc(C)cc6)c6ccc(C)cc6)cc5)c(OC)c4)c4[nH]c(c(Br)c4Br)c(-c4ccc(C(=O)OC)cc4)c4nc(c(Br)c5[nH]c2c(Br)c5Br)C(Br)=C4Br)C(Br)=C3Br)cc1. The quantitative estimate of drug-likeness (QED) is 0.0970. The Morgan fingerprint density at radius 1 is 0.429 bits per heavy atom. The Balaban J connectivity index is 1.16. The number of hydrogen-bond donors (Lipinski definition) is 2. The number of rotatable bonds is 11. The van der Waals surface area contributed by atoms with Crippen molar-refractivity contribution < 1.29 is 23.8 Å². The number of aromatic amines is 2. The highest BCUT2D eigenvalue weighted by atomic mass is 79.9. The molecule has 2 aliphatic rings. The lowest BCUT2D eigenvalue weighted by atomic mass is 10.0. The minimum absolute atomic E-state index is 0.386. The zero-order valence-corrected chi connectivity index (χ0v) is 59.0. The summed E-state index contributed by atoms with van der Waals surface area (Å²) in [7, 11) is 4.38. The highest BCUT2D eigenvalue weighted by molar-refractivity contribution is 9.18. The third kappa shape index (κ3) is 11.3. The number of aryl methyl sites for hydroxylation is 2. The molecular formula is C65H42Br9N5O5. The fourth-order valence-electron chi connectivity index (χ4n) is 9.91. The Hall–Kier alpha value is -5.48. The molecule has 84 heavy (non-hydrogen) atoms. The Bertz CT molecular complexity index is 4360. The molecule has 0 saturated carbocycles. The van der Waals surface area contributed by atoms with Crippen LogP contribution in [-0.4, -0.2) is 53.2 Å². The molecule has 5 heterocycles. The summed E-state index contributed by atoms with van der Waals surface area (Å²) < 4.78 is 22.4. The molecule has 8 bridgehead atoms. The number of carbonyl (C=O) groups excluding carboxylic acids is 2. The van der Waals surface area contributed by atoms with Gasteiger partial charge in [0.05, 0.1) is 118 Å². The summed E-state index contributed by atoms with van der Waals surface area (Å²) in [6.07, 6.45) is 4.13. The first kappa shape index (κ1) is 60.2. The third-order valence-corrected chi connectivity index (χ3v) is 23.4. The van der Waals surface area contributed by atoms with Gasteiger partial charge in [-0.1, -0.05) is 96.1 Å². The molecule has 0 amide bonds. The fraction of sp³-hybridized carbons (Fsp3) is 0.0769. The van der Waals surface area contributed by atoms with Crippen molar-refractivity contribution in [2.45, 2.75) is 13.8 Å². The molecule has 2 aliphatic heterocycles. The molecule has 0 saturated heterocycles. The number of halogens is 9. The number of esters is 2. The van der Waals surface area contributed by atoms with E-state index >= 15 is 0 Å². The molecule has 10 nitrogen and oxygen atoms in total. The monoisotopic (exact) mass is 1680 g/mol. The van der Waals surface area contributed by atoms with Crippen molar-refractivity contribution in [3.63, 3.8) is 0 Å². The van der Waals surface area contributed by atoms with Gasteiger partial charge in [0.2, 0.25) is 0 Å². The lowest BCUT2D eigenvalue weighted by Gasteiger charge is -2.25. The van der Waals surface area contributed by atoms with Gasteiger partial charge in [-0.05, 0) is 246 Å². The Labute approximate surface area is 559 Å². The average molecular weight is 1690 g/mol. The van der Waals surface area contributed by atoms with Gasteiger partial charge in [0, 0.05) is 39.3 Å². The summed E-state index contributed by atoms with van der Waals surface area (Å²) in [4.78, 5) is 46.3. The second kappa shape index (κ2) is 25.1. The molecule has 19 heteroatoms. The van der Waals surface area contributed by atoms with Crippen molar-refractivity contribution in [3.8, 4) is 39.1 Å². The summed E-state index contributed by atoms with van der Waals surface area (Å²) in [5, 5.41) is 0. The average Bonchev–Trinajstić information content (AvgIpc) is 3.35. The Morgan fingerprint density at radius 3 is 1.23 bits per heavy atom. The molecule has 3 aromatic heterocycles. The fourth-order valence-corrected chi connectivity index (χ4v) is 14.9. The largest absolute Gasteiger partial charge is 0.496 e. The first-order chi connectivity index (χ1) is 40.4. The van der Waals surface area contributed by atoms with Crippen LogP contribution in [0.15, 0.2) is 162 Å². The molecule has 11 rings (SSSR count). The predicted molar refractivity (Wildman–Crippen MR) is 374 cm³/mol. The van der Waals surface area contributed by atoms with Crippen molar-refractivity contribution in [1.82, 2.24) is 19.9 Å². The molecule has 0 fully saturated rings.